The molecule has 4 rings (SSSR count). The van der Waals surface area contributed by atoms with Crippen molar-refractivity contribution in [1.29, 1.82) is 5.26 Å². The zero-order valence-corrected chi connectivity index (χ0v) is 14.6. The zero-order chi connectivity index (χ0) is 17.9. The van der Waals surface area contributed by atoms with Crippen LogP contribution in [-0.2, 0) is 0 Å². The first-order chi connectivity index (χ1) is 12.7. The minimum absolute atomic E-state index is 0.000809. The summed E-state index contributed by atoms with van der Waals surface area (Å²) in [5, 5.41) is 15.8. The third-order valence-corrected chi connectivity index (χ3v) is 5.07. The van der Waals surface area contributed by atoms with Gasteiger partial charge in [0, 0.05) is 18.0 Å². The third kappa shape index (κ3) is 3.77. The molecular formula is C20H22FN5. The highest BCUT2D eigenvalue weighted by Gasteiger charge is 2.27. The summed E-state index contributed by atoms with van der Waals surface area (Å²) >= 11 is 0. The number of benzene rings is 1. The number of hydrogen-bond donors (Lipinski definition) is 2. The van der Waals surface area contributed by atoms with Crippen LogP contribution in [-0.4, -0.2) is 16.0 Å². The lowest BCUT2D eigenvalue weighted by Crippen LogP contribution is -2.23. The molecule has 6 heteroatoms. The highest BCUT2D eigenvalue weighted by Crippen LogP contribution is 2.40. The van der Waals surface area contributed by atoms with E-state index < -0.39 is 5.82 Å². The summed E-state index contributed by atoms with van der Waals surface area (Å²) in [6.07, 6.45) is 8.33. The van der Waals surface area contributed by atoms with Gasteiger partial charge in [-0.2, -0.15) is 10.2 Å². The molecule has 2 N–H and O–H groups in total. The highest BCUT2D eigenvalue weighted by atomic mass is 19.1. The lowest BCUT2D eigenvalue weighted by Gasteiger charge is -2.23. The van der Waals surface area contributed by atoms with Gasteiger partial charge in [-0.15, -0.1) is 0 Å². The van der Waals surface area contributed by atoms with Gasteiger partial charge in [-0.05, 0) is 37.8 Å². The van der Waals surface area contributed by atoms with Crippen LogP contribution >= 0.6 is 0 Å². The largest absolute Gasteiger partial charge is 0.351 e. The van der Waals surface area contributed by atoms with Crippen LogP contribution < -0.4 is 10.6 Å². The maximum absolute atomic E-state index is 13.9. The van der Waals surface area contributed by atoms with Crippen molar-refractivity contribution in [2.75, 3.05) is 10.6 Å². The number of anilines is 3. The molecule has 2 aliphatic rings. The van der Waals surface area contributed by atoms with E-state index in [4.69, 9.17) is 0 Å². The van der Waals surface area contributed by atoms with Crippen molar-refractivity contribution in [2.24, 2.45) is 0 Å². The Hall–Kier alpha value is -2.68. The molecular weight excluding hydrogens is 329 g/mol. The molecule has 5 nitrogen and oxygen atoms in total. The monoisotopic (exact) mass is 351 g/mol. The van der Waals surface area contributed by atoms with Gasteiger partial charge in [0.05, 0.1) is 11.4 Å². The molecule has 1 aromatic carbocycles. The summed E-state index contributed by atoms with van der Waals surface area (Å²) in [5.74, 6) is 1.17. The van der Waals surface area contributed by atoms with E-state index in [2.05, 4.69) is 20.6 Å². The van der Waals surface area contributed by atoms with Crippen molar-refractivity contribution in [3.8, 4) is 6.07 Å². The molecule has 1 aromatic heterocycles. The number of hydrogen-bond acceptors (Lipinski definition) is 5. The first-order valence-electron chi connectivity index (χ1n) is 9.34. The molecule has 26 heavy (non-hydrogen) atoms. The molecule has 2 aliphatic carbocycles. The van der Waals surface area contributed by atoms with E-state index in [0.29, 0.717) is 29.4 Å². The third-order valence-electron chi connectivity index (χ3n) is 5.07. The summed E-state index contributed by atoms with van der Waals surface area (Å²) in [4.78, 5) is 9.26. The summed E-state index contributed by atoms with van der Waals surface area (Å²) < 4.78 is 13.9. The summed E-state index contributed by atoms with van der Waals surface area (Å²) in [7, 11) is 0. The molecule has 0 radical (unpaired) electrons. The summed E-state index contributed by atoms with van der Waals surface area (Å²) in [6.45, 7) is 0. The number of nitrogens with zero attached hydrogens (tertiary/aromatic N) is 3. The average Bonchev–Trinajstić information content (AvgIpc) is 3.48. The van der Waals surface area contributed by atoms with Crippen LogP contribution in [0.25, 0.3) is 0 Å². The maximum atomic E-state index is 13.9. The molecule has 2 saturated carbocycles. The predicted octanol–water partition coefficient (Wildman–Crippen LogP) is 4.85. The molecule has 0 spiro atoms. The zero-order valence-electron chi connectivity index (χ0n) is 14.6. The fourth-order valence-corrected chi connectivity index (χ4v) is 3.49. The van der Waals surface area contributed by atoms with Crippen molar-refractivity contribution >= 4 is 17.5 Å². The Kier molecular flexibility index (Phi) is 4.70. The van der Waals surface area contributed by atoms with Crippen LogP contribution in [0.3, 0.4) is 0 Å². The molecule has 0 atom stereocenters. The highest BCUT2D eigenvalue weighted by molar-refractivity contribution is 5.65. The van der Waals surface area contributed by atoms with Crippen LogP contribution in [0.2, 0.25) is 0 Å². The van der Waals surface area contributed by atoms with Gasteiger partial charge >= 0.3 is 0 Å². The minimum Gasteiger partial charge on any atom is -0.351 e. The van der Waals surface area contributed by atoms with Gasteiger partial charge in [-0.25, -0.2) is 9.37 Å². The Bertz CT molecular complexity index is 835. The summed E-state index contributed by atoms with van der Waals surface area (Å²) in [5.41, 5.74) is 1.44. The van der Waals surface area contributed by atoms with Crippen LogP contribution in [0, 0.1) is 17.1 Å². The fourth-order valence-electron chi connectivity index (χ4n) is 3.49. The Morgan fingerprint density at radius 2 is 1.88 bits per heavy atom. The van der Waals surface area contributed by atoms with E-state index in [0.717, 1.165) is 31.4 Å². The van der Waals surface area contributed by atoms with Gasteiger partial charge < -0.3 is 10.6 Å². The van der Waals surface area contributed by atoms with E-state index in [9.17, 15) is 9.65 Å². The van der Waals surface area contributed by atoms with Crippen LogP contribution in [0.1, 0.15) is 62.1 Å². The number of aromatic nitrogens is 2. The number of nitrogens with one attached hydrogen (secondary N) is 2. The van der Waals surface area contributed by atoms with Gasteiger partial charge in [-0.3, -0.25) is 0 Å². The van der Waals surface area contributed by atoms with Crippen molar-refractivity contribution < 1.29 is 4.39 Å². The standard InChI is InChI=1S/C20H22FN5/c21-16-7-4-8-17(15(16)12-22)24-19-11-18(13-9-10-13)25-20(26-19)23-14-5-2-1-3-6-14/h4,7-8,11,13-14H,1-3,5-6,9-10H2,(H2,23,24,25,26). The maximum Gasteiger partial charge on any atom is 0.225 e. The quantitative estimate of drug-likeness (QED) is 0.805. The minimum atomic E-state index is -0.533. The van der Waals surface area contributed by atoms with E-state index in [1.165, 1.54) is 25.3 Å². The molecule has 0 unspecified atom stereocenters. The van der Waals surface area contributed by atoms with Gasteiger partial charge in [0.25, 0.3) is 0 Å². The molecule has 2 fully saturated rings. The normalized spacial score (nSPS) is 17.5. The Morgan fingerprint density at radius 1 is 1.08 bits per heavy atom. The second-order valence-corrected chi connectivity index (χ2v) is 7.15. The fraction of sp³-hybridized carbons (Fsp3) is 0.450. The Balaban J connectivity index is 1.61. The molecule has 134 valence electrons. The first-order valence-corrected chi connectivity index (χ1v) is 9.34. The van der Waals surface area contributed by atoms with E-state index in [1.807, 2.05) is 12.1 Å². The average molecular weight is 351 g/mol. The predicted molar refractivity (Wildman–Crippen MR) is 98.9 cm³/mol. The van der Waals surface area contributed by atoms with E-state index >= 15 is 0 Å². The van der Waals surface area contributed by atoms with Crippen molar-refractivity contribution in [3.05, 3.63) is 41.3 Å². The van der Waals surface area contributed by atoms with Gasteiger partial charge in [0.2, 0.25) is 5.95 Å². The van der Waals surface area contributed by atoms with Crippen LogP contribution in [0.4, 0.5) is 21.8 Å². The Labute approximate surface area is 152 Å². The summed E-state index contributed by atoms with van der Waals surface area (Å²) in [6, 6.07) is 8.80. The van der Waals surface area contributed by atoms with Crippen LogP contribution in [0.5, 0.6) is 0 Å². The lowest BCUT2D eigenvalue weighted by atomic mass is 9.96. The van der Waals surface area contributed by atoms with Gasteiger partial charge in [0.15, 0.2) is 0 Å². The van der Waals surface area contributed by atoms with Crippen molar-refractivity contribution in [2.45, 2.75) is 56.9 Å². The molecule has 0 bridgehead atoms. The SMILES string of the molecule is N#Cc1c(F)cccc1Nc1cc(C2CC2)nc(NC2CCCCC2)n1. The molecule has 2 aromatic rings. The van der Waals surface area contributed by atoms with Crippen LogP contribution in [0.15, 0.2) is 24.3 Å². The molecule has 0 aliphatic heterocycles. The van der Waals surface area contributed by atoms with Crippen molar-refractivity contribution in [3.63, 3.8) is 0 Å². The second-order valence-electron chi connectivity index (χ2n) is 7.15. The van der Waals surface area contributed by atoms with E-state index in [-0.39, 0.29) is 5.56 Å². The second kappa shape index (κ2) is 7.28. The van der Waals surface area contributed by atoms with Gasteiger partial charge in [0.1, 0.15) is 23.3 Å². The number of nitriles is 1. The lowest BCUT2D eigenvalue weighted by molar-refractivity contribution is 0.460. The van der Waals surface area contributed by atoms with E-state index in [1.54, 1.807) is 12.1 Å². The van der Waals surface area contributed by atoms with Crippen molar-refractivity contribution in [1.82, 2.24) is 9.97 Å². The molecule has 0 saturated heterocycles. The Morgan fingerprint density at radius 3 is 2.62 bits per heavy atom. The molecule has 1 heterocycles. The molecule has 0 amide bonds. The smallest absolute Gasteiger partial charge is 0.225 e. The number of halogens is 1. The van der Waals surface area contributed by atoms with Gasteiger partial charge in [-0.1, -0.05) is 25.3 Å². The first kappa shape index (κ1) is 16.8. The topological polar surface area (TPSA) is 73.6 Å². The number of rotatable bonds is 5.